The Morgan fingerprint density at radius 2 is 1.81 bits per heavy atom. The van der Waals surface area contributed by atoms with E-state index in [2.05, 4.69) is 22.1 Å². The minimum absolute atomic E-state index is 0.188. The van der Waals surface area contributed by atoms with Crippen molar-refractivity contribution >= 4 is 23.5 Å². The molecular weight excluding hydrogens is 428 g/mol. The molecule has 1 aromatic carbocycles. The fourth-order valence-electron chi connectivity index (χ4n) is 4.80. The van der Waals surface area contributed by atoms with Gasteiger partial charge in [0.15, 0.2) is 5.82 Å². The quantitative estimate of drug-likeness (QED) is 0.629. The number of anilines is 1. The van der Waals surface area contributed by atoms with Crippen LogP contribution < -0.4 is 9.64 Å². The van der Waals surface area contributed by atoms with Gasteiger partial charge in [0.2, 0.25) is 0 Å². The first-order valence-corrected chi connectivity index (χ1v) is 11.5. The maximum atomic E-state index is 12.7. The number of halogens is 1. The SMILES string of the molecule is COc1cc(Cl)ccc1-c1ccc(N(C)[C@@H]2C[C@H]3CC[C@@H](C2)N3C(=O)OC(C)(C)C)nn1. The predicted octanol–water partition coefficient (Wildman–Crippen LogP) is 5.17. The monoisotopic (exact) mass is 458 g/mol. The van der Waals surface area contributed by atoms with Crippen molar-refractivity contribution in [2.75, 3.05) is 19.1 Å². The Labute approximate surface area is 194 Å². The number of ether oxygens (including phenoxy) is 2. The summed E-state index contributed by atoms with van der Waals surface area (Å²) in [5.41, 5.74) is 1.10. The van der Waals surface area contributed by atoms with E-state index in [9.17, 15) is 4.79 Å². The summed E-state index contributed by atoms with van der Waals surface area (Å²) in [4.78, 5) is 16.9. The van der Waals surface area contributed by atoms with Crippen molar-refractivity contribution in [3.05, 3.63) is 35.4 Å². The summed E-state index contributed by atoms with van der Waals surface area (Å²) in [5, 5.41) is 9.54. The van der Waals surface area contributed by atoms with E-state index in [0.717, 1.165) is 42.8 Å². The number of carbonyl (C=O) groups excluding carboxylic acids is 1. The van der Waals surface area contributed by atoms with Crippen LogP contribution in [0.3, 0.4) is 0 Å². The molecule has 0 spiro atoms. The van der Waals surface area contributed by atoms with E-state index in [4.69, 9.17) is 21.1 Å². The summed E-state index contributed by atoms with van der Waals surface area (Å²) >= 11 is 6.07. The third-order valence-corrected chi connectivity index (χ3v) is 6.55. The van der Waals surface area contributed by atoms with Crippen LogP contribution in [0.15, 0.2) is 30.3 Å². The molecule has 172 valence electrons. The summed E-state index contributed by atoms with van der Waals surface area (Å²) in [6.45, 7) is 5.74. The first-order chi connectivity index (χ1) is 15.2. The van der Waals surface area contributed by atoms with Crippen LogP contribution in [0.1, 0.15) is 46.5 Å². The molecule has 2 aromatic rings. The molecule has 4 rings (SSSR count). The molecule has 2 aliphatic rings. The highest BCUT2D eigenvalue weighted by Crippen LogP contribution is 2.39. The van der Waals surface area contributed by atoms with Gasteiger partial charge >= 0.3 is 6.09 Å². The van der Waals surface area contributed by atoms with Gasteiger partial charge in [-0.15, -0.1) is 10.2 Å². The van der Waals surface area contributed by atoms with E-state index in [1.807, 2.05) is 49.9 Å². The molecule has 0 saturated carbocycles. The molecule has 0 radical (unpaired) electrons. The van der Waals surface area contributed by atoms with Gasteiger partial charge < -0.3 is 19.3 Å². The van der Waals surface area contributed by atoms with Crippen LogP contribution in [0.4, 0.5) is 10.6 Å². The van der Waals surface area contributed by atoms with E-state index in [1.54, 1.807) is 13.2 Å². The molecule has 0 unspecified atom stereocenters. The molecule has 8 heteroatoms. The Hall–Kier alpha value is -2.54. The van der Waals surface area contributed by atoms with Crippen molar-refractivity contribution in [1.82, 2.24) is 15.1 Å². The zero-order chi connectivity index (χ0) is 23.0. The van der Waals surface area contributed by atoms with Crippen LogP contribution in [0.5, 0.6) is 5.75 Å². The number of benzene rings is 1. The number of hydrogen-bond donors (Lipinski definition) is 0. The van der Waals surface area contributed by atoms with Gasteiger partial charge in [-0.1, -0.05) is 11.6 Å². The van der Waals surface area contributed by atoms with E-state index >= 15 is 0 Å². The molecule has 32 heavy (non-hydrogen) atoms. The van der Waals surface area contributed by atoms with Gasteiger partial charge in [-0.05, 0) is 76.8 Å². The number of carbonyl (C=O) groups is 1. The summed E-state index contributed by atoms with van der Waals surface area (Å²) in [5.74, 6) is 1.48. The van der Waals surface area contributed by atoms with Gasteiger partial charge in [0.05, 0.1) is 12.8 Å². The van der Waals surface area contributed by atoms with Crippen LogP contribution in [0.2, 0.25) is 5.02 Å². The lowest BCUT2D eigenvalue weighted by Gasteiger charge is -2.42. The second kappa shape index (κ2) is 8.77. The second-order valence-corrected chi connectivity index (χ2v) is 10.1. The van der Waals surface area contributed by atoms with Crippen molar-refractivity contribution in [1.29, 1.82) is 0 Å². The third-order valence-electron chi connectivity index (χ3n) is 6.31. The van der Waals surface area contributed by atoms with Crippen molar-refractivity contribution in [2.24, 2.45) is 0 Å². The molecule has 3 heterocycles. The Bertz CT molecular complexity index is 962. The van der Waals surface area contributed by atoms with Crippen molar-refractivity contribution in [2.45, 2.75) is 70.2 Å². The van der Waals surface area contributed by atoms with Gasteiger partial charge in [0.1, 0.15) is 11.4 Å². The van der Waals surface area contributed by atoms with Crippen molar-refractivity contribution in [3.63, 3.8) is 0 Å². The predicted molar refractivity (Wildman–Crippen MR) is 125 cm³/mol. The number of hydrogen-bond acceptors (Lipinski definition) is 6. The molecule has 2 saturated heterocycles. The number of piperidine rings is 1. The lowest BCUT2D eigenvalue weighted by Crippen LogP contribution is -2.53. The van der Waals surface area contributed by atoms with E-state index in [1.165, 1.54) is 0 Å². The lowest BCUT2D eigenvalue weighted by molar-refractivity contribution is 0.00597. The zero-order valence-corrected chi connectivity index (χ0v) is 20.1. The maximum absolute atomic E-state index is 12.7. The Balaban J connectivity index is 1.46. The topological polar surface area (TPSA) is 67.8 Å². The normalized spacial score (nSPS) is 22.6. The summed E-state index contributed by atoms with van der Waals surface area (Å²) < 4.78 is 11.1. The van der Waals surface area contributed by atoms with Gasteiger partial charge in [0.25, 0.3) is 0 Å². The molecule has 0 N–H and O–H groups in total. The molecule has 2 aliphatic heterocycles. The number of nitrogens with zero attached hydrogens (tertiary/aromatic N) is 4. The average Bonchev–Trinajstić information content (AvgIpc) is 3.02. The molecule has 0 aliphatic carbocycles. The highest BCUT2D eigenvalue weighted by Gasteiger charge is 2.45. The number of amides is 1. The summed E-state index contributed by atoms with van der Waals surface area (Å²) in [7, 11) is 3.67. The number of rotatable bonds is 4. The highest BCUT2D eigenvalue weighted by molar-refractivity contribution is 6.30. The van der Waals surface area contributed by atoms with Crippen LogP contribution in [0.25, 0.3) is 11.3 Å². The maximum Gasteiger partial charge on any atom is 0.410 e. The van der Waals surface area contributed by atoms with E-state index < -0.39 is 5.60 Å². The molecule has 2 bridgehead atoms. The fourth-order valence-corrected chi connectivity index (χ4v) is 4.96. The largest absolute Gasteiger partial charge is 0.496 e. The Morgan fingerprint density at radius 1 is 1.12 bits per heavy atom. The second-order valence-electron chi connectivity index (χ2n) is 9.63. The highest BCUT2D eigenvalue weighted by atomic mass is 35.5. The van der Waals surface area contributed by atoms with Crippen LogP contribution in [-0.4, -0.2) is 59.1 Å². The van der Waals surface area contributed by atoms with Gasteiger partial charge in [-0.3, -0.25) is 0 Å². The van der Waals surface area contributed by atoms with Gasteiger partial charge in [-0.2, -0.15) is 0 Å². The fraction of sp³-hybridized carbons (Fsp3) is 0.542. The zero-order valence-electron chi connectivity index (χ0n) is 19.3. The van der Waals surface area contributed by atoms with Crippen LogP contribution >= 0.6 is 11.6 Å². The minimum atomic E-state index is -0.478. The molecule has 1 aromatic heterocycles. The standard InChI is InChI=1S/C24H31ClN4O3/c1-24(2,3)32-23(30)29-16-7-8-17(29)14-18(13-16)28(4)22-11-10-20(26-27-22)19-9-6-15(25)12-21(19)31-5/h6,9-12,16-18H,7-8,13-14H2,1-5H3/t16-,17+,18-. The number of methoxy groups -OCH3 is 1. The molecule has 1 amide bonds. The van der Waals surface area contributed by atoms with Crippen LogP contribution in [0, 0.1) is 0 Å². The Kier molecular flexibility index (Phi) is 6.21. The number of aromatic nitrogens is 2. The minimum Gasteiger partial charge on any atom is -0.496 e. The van der Waals surface area contributed by atoms with Crippen LogP contribution in [-0.2, 0) is 4.74 Å². The van der Waals surface area contributed by atoms with E-state index in [-0.39, 0.29) is 18.2 Å². The lowest BCUT2D eigenvalue weighted by atomic mass is 9.96. The third kappa shape index (κ3) is 4.63. The first kappa shape index (κ1) is 22.6. The van der Waals surface area contributed by atoms with Crippen molar-refractivity contribution < 1.29 is 14.3 Å². The summed E-state index contributed by atoms with van der Waals surface area (Å²) in [6, 6.07) is 10.1. The van der Waals surface area contributed by atoms with E-state index in [0.29, 0.717) is 16.8 Å². The number of fused-ring (bicyclic) bond motifs is 2. The first-order valence-electron chi connectivity index (χ1n) is 11.1. The molecular formula is C24H31ClN4O3. The van der Waals surface area contributed by atoms with Crippen molar-refractivity contribution in [3.8, 4) is 17.0 Å². The Morgan fingerprint density at radius 3 is 2.38 bits per heavy atom. The molecule has 7 nitrogen and oxygen atoms in total. The smallest absolute Gasteiger partial charge is 0.410 e. The van der Waals surface area contributed by atoms with Gasteiger partial charge in [-0.25, -0.2) is 4.79 Å². The summed E-state index contributed by atoms with van der Waals surface area (Å²) in [6.07, 6.45) is 3.67. The molecule has 3 atom stereocenters. The average molecular weight is 459 g/mol. The van der Waals surface area contributed by atoms with Gasteiger partial charge in [0, 0.05) is 35.8 Å². The molecule has 2 fully saturated rings.